The number of hydrogen-bond acceptors (Lipinski definition) is 2. The molecule has 1 aliphatic carbocycles. The molecule has 0 N–H and O–H groups in total. The summed E-state index contributed by atoms with van der Waals surface area (Å²) >= 11 is 5.87. The third-order valence-electron chi connectivity index (χ3n) is 2.51. The molecule has 0 unspecified atom stereocenters. The Hall–Kier alpha value is -1.41. The number of ketones is 2. The second-order valence-electron chi connectivity index (χ2n) is 3.35. The molecule has 0 atom stereocenters. The van der Waals surface area contributed by atoms with Gasteiger partial charge in [0.2, 0.25) is 5.78 Å². The number of hydrogen-bond donors (Lipinski definition) is 0. The summed E-state index contributed by atoms with van der Waals surface area (Å²) in [6.07, 6.45) is 0.484. The molecule has 0 radical (unpaired) electrons. The lowest BCUT2D eigenvalue weighted by molar-refractivity contribution is 0.0978. The Balaban J connectivity index is 2.68. The maximum Gasteiger partial charge on any atom is 0.205 e. The zero-order valence-electron chi connectivity index (χ0n) is 8.21. The normalized spacial score (nSPS) is 15.6. The van der Waals surface area contributed by atoms with Gasteiger partial charge in [-0.15, -0.1) is 0 Å². The minimum Gasteiger partial charge on any atom is -0.289 e. The summed E-state index contributed by atoms with van der Waals surface area (Å²) in [5.74, 6) is -0.374. The first-order chi connectivity index (χ1) is 7.16. The number of allylic oxidation sites excluding steroid dienone is 2. The molecular weight excluding hydrogens is 212 g/mol. The van der Waals surface area contributed by atoms with Crippen LogP contribution in [0.4, 0.5) is 0 Å². The minimum atomic E-state index is -0.247. The first-order valence-corrected chi connectivity index (χ1v) is 5.11. The Bertz CT molecular complexity index is 486. The molecule has 0 aliphatic heterocycles. The van der Waals surface area contributed by atoms with Crippen LogP contribution in [0.15, 0.2) is 34.9 Å². The summed E-state index contributed by atoms with van der Waals surface area (Å²) in [6.45, 7) is 1.82. The van der Waals surface area contributed by atoms with E-state index in [9.17, 15) is 9.59 Å². The van der Waals surface area contributed by atoms with Crippen LogP contribution >= 0.6 is 11.6 Å². The summed E-state index contributed by atoms with van der Waals surface area (Å²) in [4.78, 5) is 23.7. The topological polar surface area (TPSA) is 34.1 Å². The first kappa shape index (κ1) is 10.1. The van der Waals surface area contributed by atoms with E-state index in [1.807, 2.05) is 6.92 Å². The van der Waals surface area contributed by atoms with Gasteiger partial charge in [-0.3, -0.25) is 9.59 Å². The molecule has 0 saturated carbocycles. The summed E-state index contributed by atoms with van der Waals surface area (Å²) < 4.78 is 0. The fourth-order valence-corrected chi connectivity index (χ4v) is 2.03. The van der Waals surface area contributed by atoms with Crippen molar-refractivity contribution in [1.29, 1.82) is 0 Å². The number of fused-ring (bicyclic) bond motifs is 1. The van der Waals surface area contributed by atoms with Gasteiger partial charge < -0.3 is 0 Å². The molecule has 2 nitrogen and oxygen atoms in total. The van der Waals surface area contributed by atoms with Gasteiger partial charge in [0.05, 0.1) is 5.03 Å². The summed E-state index contributed by atoms with van der Waals surface area (Å²) in [7, 11) is 0. The molecule has 1 aliphatic rings. The molecule has 0 saturated heterocycles. The van der Waals surface area contributed by atoms with E-state index in [1.54, 1.807) is 24.3 Å². The number of carbonyl (C=O) groups is 2. The molecule has 0 spiro atoms. The van der Waals surface area contributed by atoms with Crippen molar-refractivity contribution in [2.45, 2.75) is 13.3 Å². The zero-order chi connectivity index (χ0) is 11.0. The molecule has 0 amide bonds. The maximum absolute atomic E-state index is 11.9. The lowest BCUT2D eigenvalue weighted by Gasteiger charge is -2.16. The van der Waals surface area contributed by atoms with Crippen LogP contribution < -0.4 is 0 Å². The summed E-state index contributed by atoms with van der Waals surface area (Å²) in [5, 5.41) is 0.0706. The molecule has 0 heterocycles. The number of carbonyl (C=O) groups excluding carboxylic acids is 2. The highest BCUT2D eigenvalue weighted by molar-refractivity contribution is 6.50. The second kappa shape index (κ2) is 3.63. The monoisotopic (exact) mass is 220 g/mol. The van der Waals surface area contributed by atoms with Crippen molar-refractivity contribution in [3.8, 4) is 0 Å². The standard InChI is InChI=1S/C12H9ClO2/c1-2-7-10(13)12(15)9-6-4-3-5-8(9)11(7)14/h3-6H,2H2,1H3. The van der Waals surface area contributed by atoms with Crippen LogP contribution in [0.1, 0.15) is 34.1 Å². The fraction of sp³-hybridized carbons (Fsp3) is 0.167. The first-order valence-electron chi connectivity index (χ1n) is 4.74. The summed E-state index contributed by atoms with van der Waals surface area (Å²) in [6, 6.07) is 6.76. The van der Waals surface area contributed by atoms with Gasteiger partial charge in [0, 0.05) is 16.7 Å². The van der Waals surface area contributed by atoms with E-state index in [0.717, 1.165) is 0 Å². The Labute approximate surface area is 92.6 Å². The van der Waals surface area contributed by atoms with Crippen molar-refractivity contribution < 1.29 is 9.59 Å². The Morgan fingerprint density at radius 1 is 1.07 bits per heavy atom. The van der Waals surface area contributed by atoms with E-state index in [0.29, 0.717) is 23.1 Å². The van der Waals surface area contributed by atoms with Gasteiger partial charge in [0.25, 0.3) is 0 Å². The number of halogens is 1. The van der Waals surface area contributed by atoms with Crippen LogP contribution in [0.2, 0.25) is 0 Å². The molecule has 1 aromatic rings. The van der Waals surface area contributed by atoms with Crippen molar-refractivity contribution in [3.63, 3.8) is 0 Å². The molecule has 0 fully saturated rings. The van der Waals surface area contributed by atoms with Gasteiger partial charge in [-0.25, -0.2) is 0 Å². The quantitative estimate of drug-likeness (QED) is 0.729. The lowest BCUT2D eigenvalue weighted by Crippen LogP contribution is -2.19. The molecule has 76 valence electrons. The molecule has 15 heavy (non-hydrogen) atoms. The van der Waals surface area contributed by atoms with E-state index < -0.39 is 0 Å². The van der Waals surface area contributed by atoms with Gasteiger partial charge in [0.1, 0.15) is 0 Å². The van der Waals surface area contributed by atoms with Crippen molar-refractivity contribution in [2.24, 2.45) is 0 Å². The maximum atomic E-state index is 11.9. The van der Waals surface area contributed by atoms with E-state index >= 15 is 0 Å². The van der Waals surface area contributed by atoms with Gasteiger partial charge in [-0.1, -0.05) is 42.8 Å². The Kier molecular flexibility index (Phi) is 2.45. The van der Waals surface area contributed by atoms with E-state index in [2.05, 4.69) is 0 Å². The third-order valence-corrected chi connectivity index (χ3v) is 2.91. The number of Topliss-reactive ketones (excluding diaryl/α,β-unsaturated/α-hetero) is 2. The largest absolute Gasteiger partial charge is 0.289 e. The third kappa shape index (κ3) is 1.41. The van der Waals surface area contributed by atoms with Crippen LogP contribution in [-0.4, -0.2) is 11.6 Å². The van der Waals surface area contributed by atoms with Crippen molar-refractivity contribution in [1.82, 2.24) is 0 Å². The predicted molar refractivity (Wildman–Crippen MR) is 58.3 cm³/mol. The van der Waals surface area contributed by atoms with Crippen LogP contribution in [-0.2, 0) is 0 Å². The van der Waals surface area contributed by atoms with Gasteiger partial charge in [0.15, 0.2) is 5.78 Å². The predicted octanol–water partition coefficient (Wildman–Crippen LogP) is 2.97. The second-order valence-corrected chi connectivity index (χ2v) is 3.73. The van der Waals surface area contributed by atoms with E-state index in [1.165, 1.54) is 0 Å². The fourth-order valence-electron chi connectivity index (χ4n) is 1.71. The average molecular weight is 221 g/mol. The van der Waals surface area contributed by atoms with Gasteiger partial charge in [-0.05, 0) is 6.42 Å². The highest BCUT2D eigenvalue weighted by atomic mass is 35.5. The number of rotatable bonds is 1. The Morgan fingerprint density at radius 2 is 1.60 bits per heavy atom. The van der Waals surface area contributed by atoms with Crippen LogP contribution in [0.3, 0.4) is 0 Å². The molecule has 3 heteroatoms. The van der Waals surface area contributed by atoms with Crippen LogP contribution in [0, 0.1) is 0 Å². The SMILES string of the molecule is CCC1=C(Cl)C(=O)c2ccccc2C1=O. The molecule has 1 aromatic carbocycles. The van der Waals surface area contributed by atoms with Crippen LogP contribution in [0.25, 0.3) is 0 Å². The van der Waals surface area contributed by atoms with Crippen molar-refractivity contribution >= 4 is 23.2 Å². The molecule has 0 aromatic heterocycles. The highest BCUT2D eigenvalue weighted by Gasteiger charge is 2.29. The average Bonchev–Trinajstić information content (AvgIpc) is 2.27. The molecule has 2 rings (SSSR count). The summed E-state index contributed by atoms with van der Waals surface area (Å²) in [5.41, 5.74) is 1.29. The minimum absolute atomic E-state index is 0.0706. The Morgan fingerprint density at radius 3 is 2.13 bits per heavy atom. The molecule has 0 bridgehead atoms. The zero-order valence-corrected chi connectivity index (χ0v) is 8.97. The van der Waals surface area contributed by atoms with Gasteiger partial charge >= 0.3 is 0 Å². The van der Waals surface area contributed by atoms with Crippen LogP contribution in [0.5, 0.6) is 0 Å². The smallest absolute Gasteiger partial charge is 0.205 e. The lowest BCUT2D eigenvalue weighted by atomic mass is 9.88. The van der Waals surface area contributed by atoms with Gasteiger partial charge in [-0.2, -0.15) is 0 Å². The number of benzene rings is 1. The van der Waals surface area contributed by atoms with E-state index in [-0.39, 0.29) is 16.6 Å². The van der Waals surface area contributed by atoms with Crippen molar-refractivity contribution in [2.75, 3.05) is 0 Å². The van der Waals surface area contributed by atoms with E-state index in [4.69, 9.17) is 11.6 Å². The van der Waals surface area contributed by atoms with Crippen molar-refractivity contribution in [3.05, 3.63) is 46.0 Å². The highest BCUT2D eigenvalue weighted by Crippen LogP contribution is 2.29. The molecular formula is C12H9ClO2.